The average Bonchev–Trinajstić information content (AvgIpc) is 2.24. The first-order valence-electron chi connectivity index (χ1n) is 5.89. The first-order valence-corrected chi connectivity index (χ1v) is 5.89. The number of ether oxygens (including phenoxy) is 1. The van der Waals surface area contributed by atoms with E-state index in [1.54, 1.807) is 0 Å². The molecular formula is C12H18N2O2. The Labute approximate surface area is 96.2 Å². The van der Waals surface area contributed by atoms with Crippen LogP contribution in [0.5, 0.6) is 0 Å². The van der Waals surface area contributed by atoms with Gasteiger partial charge in [-0.1, -0.05) is 6.92 Å². The fourth-order valence-electron chi connectivity index (χ4n) is 2.75. The van der Waals surface area contributed by atoms with Crippen LogP contribution in [0.25, 0.3) is 0 Å². The molecule has 2 rings (SSSR count). The molecule has 0 aromatic carbocycles. The third-order valence-corrected chi connectivity index (χ3v) is 3.65. The van der Waals surface area contributed by atoms with Crippen LogP contribution in [0.2, 0.25) is 0 Å². The van der Waals surface area contributed by atoms with Crippen molar-refractivity contribution in [2.45, 2.75) is 32.7 Å². The van der Waals surface area contributed by atoms with E-state index in [9.17, 15) is 10.1 Å². The Balaban J connectivity index is 2.09. The Kier molecular flexibility index (Phi) is 2.90. The van der Waals surface area contributed by atoms with Crippen LogP contribution in [0.15, 0.2) is 0 Å². The quantitative estimate of drug-likeness (QED) is 0.669. The van der Waals surface area contributed by atoms with Crippen molar-refractivity contribution in [1.29, 1.82) is 5.26 Å². The van der Waals surface area contributed by atoms with Crippen molar-refractivity contribution in [1.82, 2.24) is 4.90 Å². The van der Waals surface area contributed by atoms with E-state index in [1.165, 1.54) is 0 Å². The lowest BCUT2D eigenvalue weighted by molar-refractivity contribution is -0.153. The summed E-state index contributed by atoms with van der Waals surface area (Å²) in [5.74, 6) is 0.517. The normalized spacial score (nSPS) is 38.7. The lowest BCUT2D eigenvalue weighted by atomic mass is 9.62. The van der Waals surface area contributed by atoms with Crippen molar-refractivity contribution < 1.29 is 9.53 Å². The first kappa shape index (κ1) is 11.4. The molecule has 4 heteroatoms. The molecule has 2 aliphatic rings. The van der Waals surface area contributed by atoms with Crippen LogP contribution in [0.1, 0.15) is 26.7 Å². The lowest BCUT2D eigenvalue weighted by Gasteiger charge is -2.45. The summed E-state index contributed by atoms with van der Waals surface area (Å²) in [5.41, 5.74) is -0.731. The zero-order valence-electron chi connectivity index (χ0n) is 9.90. The Morgan fingerprint density at radius 2 is 2.19 bits per heavy atom. The van der Waals surface area contributed by atoms with E-state index >= 15 is 0 Å². The maximum atomic E-state index is 12.3. The van der Waals surface area contributed by atoms with Gasteiger partial charge in [-0.15, -0.1) is 0 Å². The van der Waals surface area contributed by atoms with Crippen molar-refractivity contribution in [2.24, 2.45) is 11.3 Å². The smallest absolute Gasteiger partial charge is 0.243 e. The van der Waals surface area contributed by atoms with E-state index in [1.807, 2.05) is 11.8 Å². The molecule has 4 nitrogen and oxygen atoms in total. The van der Waals surface area contributed by atoms with Gasteiger partial charge in [0.2, 0.25) is 5.91 Å². The SMILES string of the molecule is CC1CC(C#N)(C(=O)N2CCOCC2C)C1. The van der Waals surface area contributed by atoms with E-state index in [4.69, 9.17) is 4.74 Å². The average molecular weight is 222 g/mol. The van der Waals surface area contributed by atoms with Crippen molar-refractivity contribution >= 4 is 5.91 Å². The fourth-order valence-corrected chi connectivity index (χ4v) is 2.75. The summed E-state index contributed by atoms with van der Waals surface area (Å²) in [6.07, 6.45) is 1.43. The second-order valence-electron chi connectivity index (χ2n) is 5.13. The summed E-state index contributed by atoms with van der Waals surface area (Å²) in [6, 6.07) is 2.33. The molecule has 0 aromatic rings. The number of rotatable bonds is 1. The predicted molar refractivity (Wildman–Crippen MR) is 58.4 cm³/mol. The van der Waals surface area contributed by atoms with E-state index in [0.29, 0.717) is 38.5 Å². The van der Waals surface area contributed by atoms with Gasteiger partial charge >= 0.3 is 0 Å². The van der Waals surface area contributed by atoms with Crippen LogP contribution < -0.4 is 0 Å². The standard InChI is InChI=1S/C12H18N2O2/c1-9-5-12(6-9,8-13)11(15)14-3-4-16-7-10(14)2/h9-10H,3-7H2,1-2H3. The molecule has 1 unspecified atom stereocenters. The number of hydrogen-bond acceptors (Lipinski definition) is 3. The molecule has 2 fully saturated rings. The summed E-state index contributed by atoms with van der Waals surface area (Å²) in [7, 11) is 0. The fraction of sp³-hybridized carbons (Fsp3) is 0.833. The van der Waals surface area contributed by atoms with Gasteiger partial charge in [-0.05, 0) is 25.7 Å². The number of nitrogens with zero attached hydrogens (tertiary/aromatic N) is 2. The Morgan fingerprint density at radius 3 is 2.69 bits per heavy atom. The molecule has 1 saturated carbocycles. The van der Waals surface area contributed by atoms with Crippen molar-refractivity contribution in [3.63, 3.8) is 0 Å². The van der Waals surface area contributed by atoms with Crippen molar-refractivity contribution in [3.05, 3.63) is 0 Å². The maximum Gasteiger partial charge on any atom is 0.243 e. The number of carbonyl (C=O) groups is 1. The Bertz CT molecular complexity index is 328. The number of morpholine rings is 1. The highest BCUT2D eigenvalue weighted by Gasteiger charge is 2.51. The molecule has 0 spiro atoms. The van der Waals surface area contributed by atoms with Gasteiger partial charge in [0.15, 0.2) is 0 Å². The second kappa shape index (κ2) is 4.06. The minimum absolute atomic E-state index is 0.0175. The summed E-state index contributed by atoms with van der Waals surface area (Å²) in [6.45, 7) is 5.86. The van der Waals surface area contributed by atoms with Gasteiger partial charge in [-0.2, -0.15) is 5.26 Å². The van der Waals surface area contributed by atoms with E-state index in [0.717, 1.165) is 0 Å². The topological polar surface area (TPSA) is 53.3 Å². The zero-order valence-corrected chi connectivity index (χ0v) is 9.90. The molecule has 0 aromatic heterocycles. The van der Waals surface area contributed by atoms with Gasteiger partial charge in [0.1, 0.15) is 5.41 Å². The molecule has 0 bridgehead atoms. The molecule has 88 valence electrons. The molecule has 1 aliphatic heterocycles. The highest BCUT2D eigenvalue weighted by atomic mass is 16.5. The van der Waals surface area contributed by atoms with Gasteiger partial charge in [0.25, 0.3) is 0 Å². The van der Waals surface area contributed by atoms with Crippen molar-refractivity contribution in [3.8, 4) is 6.07 Å². The molecule has 16 heavy (non-hydrogen) atoms. The van der Waals surface area contributed by atoms with E-state index in [-0.39, 0.29) is 11.9 Å². The van der Waals surface area contributed by atoms with Gasteiger partial charge in [-0.3, -0.25) is 4.79 Å². The van der Waals surface area contributed by atoms with Crippen molar-refractivity contribution in [2.75, 3.05) is 19.8 Å². The molecule has 1 amide bonds. The van der Waals surface area contributed by atoms with E-state index < -0.39 is 5.41 Å². The van der Waals surface area contributed by atoms with Gasteiger partial charge in [0.05, 0.1) is 25.3 Å². The van der Waals surface area contributed by atoms with Crippen LogP contribution in [-0.4, -0.2) is 36.6 Å². The molecule has 1 saturated heterocycles. The highest BCUT2D eigenvalue weighted by Crippen LogP contribution is 2.46. The largest absolute Gasteiger partial charge is 0.377 e. The molecule has 1 aliphatic carbocycles. The van der Waals surface area contributed by atoms with Crippen LogP contribution in [0.4, 0.5) is 0 Å². The number of nitriles is 1. The van der Waals surface area contributed by atoms with Crippen LogP contribution in [0.3, 0.4) is 0 Å². The summed E-state index contributed by atoms with van der Waals surface area (Å²) in [5, 5.41) is 9.21. The second-order valence-corrected chi connectivity index (χ2v) is 5.13. The Morgan fingerprint density at radius 1 is 1.50 bits per heavy atom. The number of amides is 1. The summed E-state index contributed by atoms with van der Waals surface area (Å²) < 4.78 is 5.30. The highest BCUT2D eigenvalue weighted by molar-refractivity contribution is 5.87. The minimum Gasteiger partial charge on any atom is -0.377 e. The van der Waals surface area contributed by atoms with Gasteiger partial charge < -0.3 is 9.64 Å². The monoisotopic (exact) mass is 222 g/mol. The van der Waals surface area contributed by atoms with Gasteiger partial charge in [0, 0.05) is 6.54 Å². The Hall–Kier alpha value is -1.08. The number of hydrogen-bond donors (Lipinski definition) is 0. The third-order valence-electron chi connectivity index (χ3n) is 3.65. The zero-order chi connectivity index (χ0) is 11.8. The minimum atomic E-state index is -0.731. The molecule has 1 atom stereocenters. The van der Waals surface area contributed by atoms with Crippen LogP contribution >= 0.6 is 0 Å². The summed E-state index contributed by atoms with van der Waals surface area (Å²) in [4.78, 5) is 14.2. The molecule has 0 radical (unpaired) electrons. The number of carbonyl (C=O) groups excluding carboxylic acids is 1. The third kappa shape index (κ3) is 1.69. The maximum absolute atomic E-state index is 12.3. The summed E-state index contributed by atoms with van der Waals surface area (Å²) >= 11 is 0. The lowest BCUT2D eigenvalue weighted by Crippen LogP contribution is -2.56. The molecule has 0 N–H and O–H groups in total. The predicted octanol–water partition coefficient (Wildman–Crippen LogP) is 1.17. The molecule has 1 heterocycles. The molecular weight excluding hydrogens is 204 g/mol. The van der Waals surface area contributed by atoms with Gasteiger partial charge in [-0.25, -0.2) is 0 Å². The van der Waals surface area contributed by atoms with Crippen LogP contribution in [0, 0.1) is 22.7 Å². The first-order chi connectivity index (χ1) is 7.59. The van der Waals surface area contributed by atoms with E-state index in [2.05, 4.69) is 13.0 Å². The van der Waals surface area contributed by atoms with Crippen LogP contribution in [-0.2, 0) is 9.53 Å².